The van der Waals surface area contributed by atoms with Crippen LogP contribution in [0.15, 0.2) is 22.1 Å². The van der Waals surface area contributed by atoms with E-state index in [0.717, 1.165) is 29.6 Å². The van der Waals surface area contributed by atoms with Crippen LogP contribution in [-0.4, -0.2) is 48.9 Å². The van der Waals surface area contributed by atoms with Crippen LogP contribution in [0.5, 0.6) is 0 Å². The van der Waals surface area contributed by atoms with Crippen LogP contribution in [-0.2, 0) is 9.59 Å². The molecule has 0 saturated heterocycles. The molecule has 0 radical (unpaired) electrons. The third-order valence-corrected chi connectivity index (χ3v) is 7.63. The number of nitrogens with zero attached hydrogens (tertiary/aromatic N) is 2. The topological polar surface area (TPSA) is 74.3 Å². The van der Waals surface area contributed by atoms with Crippen molar-refractivity contribution in [1.82, 2.24) is 15.2 Å². The molecular weight excluding hydrogens is 428 g/mol. The predicted octanol–water partition coefficient (Wildman–Crippen LogP) is 2.74. The molecule has 1 aromatic heterocycles. The Morgan fingerprint density at radius 1 is 1.26 bits per heavy atom. The zero-order valence-corrected chi connectivity index (χ0v) is 18.0. The normalized spacial score (nSPS) is 29.5. The molecule has 4 atom stereocenters. The summed E-state index contributed by atoms with van der Waals surface area (Å²) in [5.41, 5.74) is 0.150. The number of nitrogens with one attached hydrogen (secondary N) is 2. The molecule has 3 aliphatic carbocycles. The third kappa shape index (κ3) is 3.47. The van der Waals surface area contributed by atoms with E-state index in [9.17, 15) is 9.59 Å². The number of thiazole rings is 1. The van der Waals surface area contributed by atoms with Crippen LogP contribution in [0.3, 0.4) is 0 Å². The highest BCUT2D eigenvalue weighted by atomic mass is 79.9. The Hall–Kier alpha value is -1.25. The molecule has 27 heavy (non-hydrogen) atoms. The number of amides is 2. The van der Waals surface area contributed by atoms with Crippen molar-refractivity contribution in [2.24, 2.45) is 29.1 Å². The van der Waals surface area contributed by atoms with E-state index in [-0.39, 0.29) is 40.9 Å². The summed E-state index contributed by atoms with van der Waals surface area (Å²) < 4.78 is 0.875. The number of halogens is 1. The summed E-state index contributed by atoms with van der Waals surface area (Å²) in [6.07, 6.45) is 9.18. The van der Waals surface area contributed by atoms with Gasteiger partial charge in [0.2, 0.25) is 11.8 Å². The number of carbonyl (C=O) groups excluding carboxylic acids is 2. The maximum Gasteiger partial charge on any atom is 0.230 e. The highest BCUT2D eigenvalue weighted by molar-refractivity contribution is 9.11. The van der Waals surface area contributed by atoms with E-state index in [2.05, 4.69) is 48.6 Å². The lowest BCUT2D eigenvalue weighted by Gasteiger charge is -2.26. The minimum absolute atomic E-state index is 0.0253. The van der Waals surface area contributed by atoms with Gasteiger partial charge in [-0.05, 0) is 73.1 Å². The lowest BCUT2D eigenvalue weighted by atomic mass is 9.81. The van der Waals surface area contributed by atoms with E-state index in [0.29, 0.717) is 11.7 Å². The van der Waals surface area contributed by atoms with Crippen LogP contribution in [0.25, 0.3) is 0 Å². The molecule has 146 valence electrons. The molecule has 2 N–H and O–H groups in total. The van der Waals surface area contributed by atoms with Crippen LogP contribution < -0.4 is 10.6 Å². The van der Waals surface area contributed by atoms with E-state index >= 15 is 0 Å². The molecule has 2 bridgehead atoms. The zero-order valence-electron chi connectivity index (χ0n) is 15.6. The van der Waals surface area contributed by atoms with Gasteiger partial charge in [0.25, 0.3) is 0 Å². The molecule has 8 heteroatoms. The van der Waals surface area contributed by atoms with Crippen molar-refractivity contribution in [2.45, 2.75) is 19.3 Å². The number of hydrogen-bond acceptors (Lipinski definition) is 5. The molecule has 3 aliphatic rings. The fraction of sp³-hybridized carbons (Fsp3) is 0.632. The molecule has 1 aromatic rings. The molecule has 2 amide bonds. The second kappa shape index (κ2) is 7.29. The second-order valence-electron chi connectivity index (χ2n) is 8.13. The predicted molar refractivity (Wildman–Crippen MR) is 109 cm³/mol. The Bertz CT molecular complexity index is 774. The molecular formula is C19H25BrN4O2S. The lowest BCUT2D eigenvalue weighted by molar-refractivity contribution is -0.132. The standard InChI is InChI=1S/C19H25BrN4O2S/c1-24(2)9-3-8-21-16(25)14-11-4-5-12(19(11)6-7-19)15(14)17(26)23-18-22-10-13(20)27-18/h4-5,10-12,14-15H,3,6-9H2,1-2H3,(H,21,25)(H,22,23,26)/t11-,12+,14-,15-/m1/s1. The summed E-state index contributed by atoms with van der Waals surface area (Å²) in [5, 5.41) is 6.60. The van der Waals surface area contributed by atoms with Gasteiger partial charge in [-0.25, -0.2) is 4.98 Å². The van der Waals surface area contributed by atoms with E-state index in [1.54, 1.807) is 6.20 Å². The first-order chi connectivity index (χ1) is 12.9. The highest BCUT2D eigenvalue weighted by Gasteiger charge is 2.69. The van der Waals surface area contributed by atoms with E-state index in [1.165, 1.54) is 11.3 Å². The minimum atomic E-state index is -0.306. The van der Waals surface area contributed by atoms with E-state index in [4.69, 9.17) is 0 Å². The molecule has 0 unspecified atom stereocenters. The summed E-state index contributed by atoms with van der Waals surface area (Å²) in [6, 6.07) is 0. The number of anilines is 1. The smallest absolute Gasteiger partial charge is 0.230 e. The third-order valence-electron chi connectivity index (χ3n) is 6.24. The van der Waals surface area contributed by atoms with Crippen molar-refractivity contribution in [1.29, 1.82) is 0 Å². The van der Waals surface area contributed by atoms with E-state index in [1.807, 2.05) is 14.1 Å². The minimum Gasteiger partial charge on any atom is -0.356 e. The number of carbonyl (C=O) groups is 2. The lowest BCUT2D eigenvalue weighted by Crippen LogP contribution is -2.42. The summed E-state index contributed by atoms with van der Waals surface area (Å²) in [6.45, 7) is 1.58. The van der Waals surface area contributed by atoms with Crippen molar-refractivity contribution >= 4 is 44.2 Å². The van der Waals surface area contributed by atoms with Gasteiger partial charge in [0.15, 0.2) is 5.13 Å². The van der Waals surface area contributed by atoms with Crippen LogP contribution >= 0.6 is 27.3 Å². The van der Waals surface area contributed by atoms with Gasteiger partial charge in [-0.15, -0.1) is 0 Å². The van der Waals surface area contributed by atoms with Crippen LogP contribution in [0.1, 0.15) is 19.3 Å². The highest BCUT2D eigenvalue weighted by Crippen LogP contribution is 2.72. The summed E-state index contributed by atoms with van der Waals surface area (Å²) >= 11 is 4.76. The Kier molecular flexibility index (Phi) is 5.16. The number of rotatable bonds is 7. The van der Waals surface area contributed by atoms with Crippen molar-refractivity contribution in [3.05, 3.63) is 22.1 Å². The van der Waals surface area contributed by atoms with Crippen LogP contribution in [0.2, 0.25) is 0 Å². The molecule has 1 spiro atoms. The summed E-state index contributed by atoms with van der Waals surface area (Å²) in [5.74, 6) is -0.270. The van der Waals surface area contributed by atoms with Crippen molar-refractivity contribution in [2.75, 3.05) is 32.5 Å². The number of aromatic nitrogens is 1. The van der Waals surface area contributed by atoms with Gasteiger partial charge in [-0.3, -0.25) is 9.59 Å². The molecule has 0 aliphatic heterocycles. The fourth-order valence-electron chi connectivity index (χ4n) is 4.94. The maximum atomic E-state index is 13.1. The largest absolute Gasteiger partial charge is 0.356 e. The number of allylic oxidation sites excluding steroid dienone is 2. The monoisotopic (exact) mass is 452 g/mol. The SMILES string of the molecule is CN(C)CCCNC(=O)[C@H]1[C@H](C(=O)Nc2ncc(Br)s2)[C@@H]2C=C[C@H]1C21CC1. The Morgan fingerprint density at radius 2 is 1.93 bits per heavy atom. The average Bonchev–Trinajstić information content (AvgIpc) is 3.11. The first-order valence-corrected chi connectivity index (χ1v) is 11.1. The average molecular weight is 453 g/mol. The fourth-order valence-corrected chi connectivity index (χ4v) is 6.04. The first-order valence-electron chi connectivity index (χ1n) is 9.45. The molecule has 1 heterocycles. The Morgan fingerprint density at radius 3 is 2.48 bits per heavy atom. The van der Waals surface area contributed by atoms with Gasteiger partial charge < -0.3 is 15.5 Å². The second-order valence-corrected chi connectivity index (χ2v) is 10.5. The van der Waals surface area contributed by atoms with E-state index < -0.39 is 0 Å². The van der Waals surface area contributed by atoms with Crippen LogP contribution in [0, 0.1) is 29.1 Å². The van der Waals surface area contributed by atoms with Crippen LogP contribution in [0.4, 0.5) is 5.13 Å². The summed E-state index contributed by atoms with van der Waals surface area (Å²) in [4.78, 5) is 32.4. The molecule has 0 aromatic carbocycles. The molecule has 4 rings (SSSR count). The molecule has 2 fully saturated rings. The first kappa shape index (κ1) is 19.1. The zero-order chi connectivity index (χ0) is 19.2. The quantitative estimate of drug-likeness (QED) is 0.492. The van der Waals surface area contributed by atoms with Gasteiger partial charge in [-0.1, -0.05) is 23.5 Å². The van der Waals surface area contributed by atoms with Crippen molar-refractivity contribution in [3.8, 4) is 0 Å². The maximum absolute atomic E-state index is 13.1. The van der Waals surface area contributed by atoms with Gasteiger partial charge in [-0.2, -0.15) is 0 Å². The number of hydrogen-bond donors (Lipinski definition) is 2. The van der Waals surface area contributed by atoms with Crippen molar-refractivity contribution in [3.63, 3.8) is 0 Å². The summed E-state index contributed by atoms with van der Waals surface area (Å²) in [7, 11) is 4.05. The van der Waals surface area contributed by atoms with Gasteiger partial charge in [0.05, 0.1) is 21.8 Å². The van der Waals surface area contributed by atoms with Gasteiger partial charge in [0.1, 0.15) is 0 Å². The van der Waals surface area contributed by atoms with Gasteiger partial charge in [0, 0.05) is 6.54 Å². The molecule has 6 nitrogen and oxygen atoms in total. The van der Waals surface area contributed by atoms with Crippen molar-refractivity contribution < 1.29 is 9.59 Å². The Balaban J connectivity index is 1.47. The molecule has 2 saturated carbocycles. The van der Waals surface area contributed by atoms with Gasteiger partial charge >= 0.3 is 0 Å². The Labute approximate surface area is 171 Å².